The molecule has 0 aliphatic carbocycles. The fraction of sp³-hybridized carbons (Fsp3) is 0.750. The molecule has 0 atom stereocenters. The van der Waals surface area contributed by atoms with Gasteiger partial charge in [-0.1, -0.05) is 0 Å². The smallest absolute Gasteiger partial charge is 0.415 e. The average molecular weight is 237 g/mol. The minimum atomic E-state index is -0.540. The Hall–Kier alpha value is -1.57. The van der Waals surface area contributed by atoms with Gasteiger partial charge in [-0.2, -0.15) is 5.26 Å². The fourth-order valence-electron chi connectivity index (χ4n) is 1.62. The predicted octanol–water partition coefficient (Wildman–Crippen LogP) is 2.33. The van der Waals surface area contributed by atoms with Crippen LogP contribution in [0.1, 0.15) is 41.0 Å². The number of amidine groups is 1. The summed E-state index contributed by atoms with van der Waals surface area (Å²) in [5, 5.41) is 8.72. The van der Waals surface area contributed by atoms with E-state index in [-0.39, 0.29) is 12.0 Å². The van der Waals surface area contributed by atoms with Gasteiger partial charge in [0, 0.05) is 0 Å². The van der Waals surface area contributed by atoms with E-state index < -0.39 is 11.7 Å². The molecule has 0 saturated heterocycles. The molecule has 1 aliphatic heterocycles. The van der Waals surface area contributed by atoms with Gasteiger partial charge in [0.2, 0.25) is 0 Å². The Morgan fingerprint density at radius 2 is 2.18 bits per heavy atom. The lowest BCUT2D eigenvalue weighted by Gasteiger charge is -2.25. The summed E-state index contributed by atoms with van der Waals surface area (Å²) in [6.07, 6.45) is -0.306. The quantitative estimate of drug-likeness (QED) is 0.703. The molecule has 0 aromatic rings. The van der Waals surface area contributed by atoms with Crippen molar-refractivity contribution in [2.24, 2.45) is 4.99 Å². The zero-order valence-corrected chi connectivity index (χ0v) is 11.1. The van der Waals surface area contributed by atoms with Gasteiger partial charge in [0.15, 0.2) is 0 Å². The van der Waals surface area contributed by atoms with E-state index in [4.69, 9.17) is 10.00 Å². The van der Waals surface area contributed by atoms with Gasteiger partial charge in [0.25, 0.3) is 0 Å². The molecule has 0 spiro atoms. The van der Waals surface area contributed by atoms with Crippen molar-refractivity contribution in [1.82, 2.24) is 4.90 Å². The van der Waals surface area contributed by atoms with Crippen molar-refractivity contribution in [1.29, 1.82) is 5.26 Å². The molecule has 0 radical (unpaired) electrons. The number of hydrogen-bond donors (Lipinski definition) is 0. The van der Waals surface area contributed by atoms with E-state index in [1.807, 2.05) is 40.7 Å². The highest BCUT2D eigenvalue weighted by molar-refractivity contribution is 5.98. The zero-order valence-electron chi connectivity index (χ0n) is 11.1. The van der Waals surface area contributed by atoms with Crippen molar-refractivity contribution in [3.63, 3.8) is 0 Å². The predicted molar refractivity (Wildman–Crippen MR) is 64.7 cm³/mol. The second-order valence-electron chi connectivity index (χ2n) is 5.74. The third-order valence-corrected chi connectivity index (χ3v) is 2.14. The molecule has 0 saturated carbocycles. The van der Waals surface area contributed by atoms with Crippen LogP contribution in [0, 0.1) is 11.3 Å². The topological polar surface area (TPSA) is 65.7 Å². The molecule has 0 unspecified atom stereocenters. The van der Waals surface area contributed by atoms with E-state index in [1.54, 1.807) is 0 Å². The third kappa shape index (κ3) is 3.74. The molecule has 94 valence electrons. The summed E-state index contributed by atoms with van der Waals surface area (Å²) in [6.45, 7) is 9.75. The lowest BCUT2D eigenvalue weighted by molar-refractivity contribution is 0.0366. The van der Waals surface area contributed by atoms with Crippen LogP contribution in [-0.4, -0.2) is 34.5 Å². The first-order valence-electron chi connectivity index (χ1n) is 5.61. The Balaban J connectivity index is 2.82. The molecule has 0 aromatic carbocycles. The van der Waals surface area contributed by atoms with E-state index in [0.29, 0.717) is 12.4 Å². The van der Waals surface area contributed by atoms with Crippen LogP contribution in [0.5, 0.6) is 0 Å². The lowest BCUT2D eigenvalue weighted by Crippen LogP contribution is -2.41. The first kappa shape index (κ1) is 13.5. The SMILES string of the molecule is CC1(C)CN(C(=O)OC(C)(C)C)C(CC#N)=N1. The van der Waals surface area contributed by atoms with Crippen molar-refractivity contribution in [2.45, 2.75) is 52.2 Å². The molecular weight excluding hydrogens is 218 g/mol. The van der Waals surface area contributed by atoms with Crippen LogP contribution in [0.15, 0.2) is 4.99 Å². The van der Waals surface area contributed by atoms with Gasteiger partial charge in [-0.25, -0.2) is 4.79 Å². The van der Waals surface area contributed by atoms with Crippen LogP contribution in [0.25, 0.3) is 0 Å². The van der Waals surface area contributed by atoms with E-state index >= 15 is 0 Å². The molecule has 1 aliphatic rings. The second-order valence-corrected chi connectivity index (χ2v) is 5.74. The van der Waals surface area contributed by atoms with E-state index in [9.17, 15) is 4.79 Å². The standard InChI is InChI=1S/C12H19N3O2/c1-11(2,3)17-10(16)15-8-12(4,5)14-9(15)6-7-13/h6,8H2,1-5H3. The van der Waals surface area contributed by atoms with Gasteiger partial charge in [0.05, 0.1) is 24.6 Å². The highest BCUT2D eigenvalue weighted by Crippen LogP contribution is 2.23. The van der Waals surface area contributed by atoms with Crippen molar-refractivity contribution in [2.75, 3.05) is 6.54 Å². The molecule has 5 heteroatoms. The number of carbonyl (C=O) groups is 1. The zero-order chi connectivity index (χ0) is 13.3. The van der Waals surface area contributed by atoms with Crippen LogP contribution < -0.4 is 0 Å². The van der Waals surface area contributed by atoms with Crippen LogP contribution in [0.3, 0.4) is 0 Å². The van der Waals surface area contributed by atoms with E-state index in [2.05, 4.69) is 4.99 Å². The molecule has 1 rings (SSSR count). The summed E-state index contributed by atoms with van der Waals surface area (Å²) in [5.41, 5.74) is -0.884. The minimum absolute atomic E-state index is 0.128. The Morgan fingerprint density at radius 1 is 1.59 bits per heavy atom. The Bertz CT molecular complexity index is 386. The highest BCUT2D eigenvalue weighted by Gasteiger charge is 2.36. The summed E-state index contributed by atoms with van der Waals surface area (Å²) in [6, 6.07) is 2.01. The fourth-order valence-corrected chi connectivity index (χ4v) is 1.62. The number of carbonyl (C=O) groups excluding carboxylic acids is 1. The number of nitriles is 1. The minimum Gasteiger partial charge on any atom is -0.443 e. The molecule has 0 N–H and O–H groups in total. The van der Waals surface area contributed by atoms with Gasteiger partial charge < -0.3 is 4.74 Å². The Labute approximate surface area is 102 Å². The van der Waals surface area contributed by atoms with Crippen LogP contribution in [0.4, 0.5) is 4.79 Å². The normalized spacial score (nSPS) is 18.6. The molecule has 17 heavy (non-hydrogen) atoms. The summed E-state index contributed by atoms with van der Waals surface area (Å²) in [7, 11) is 0. The van der Waals surface area contributed by atoms with Gasteiger partial charge in [-0.05, 0) is 34.6 Å². The van der Waals surface area contributed by atoms with Crippen LogP contribution in [-0.2, 0) is 4.74 Å². The Morgan fingerprint density at radius 3 is 2.65 bits per heavy atom. The van der Waals surface area contributed by atoms with Crippen LogP contribution in [0.2, 0.25) is 0 Å². The average Bonchev–Trinajstić information content (AvgIpc) is 2.39. The second kappa shape index (κ2) is 4.36. The number of ether oxygens (including phenoxy) is 1. The third-order valence-electron chi connectivity index (χ3n) is 2.14. The van der Waals surface area contributed by atoms with E-state index in [0.717, 1.165) is 0 Å². The van der Waals surface area contributed by atoms with Gasteiger partial charge in [-0.15, -0.1) is 0 Å². The Kier molecular flexibility index (Phi) is 3.46. The monoisotopic (exact) mass is 237 g/mol. The van der Waals surface area contributed by atoms with Crippen LogP contribution >= 0.6 is 0 Å². The molecule has 0 fully saturated rings. The molecule has 1 amide bonds. The summed E-state index contributed by atoms with van der Waals surface area (Å²) in [5.74, 6) is 0.492. The number of amides is 1. The van der Waals surface area contributed by atoms with E-state index in [1.165, 1.54) is 4.90 Å². The maximum atomic E-state index is 11.9. The van der Waals surface area contributed by atoms with Gasteiger partial charge >= 0.3 is 6.09 Å². The van der Waals surface area contributed by atoms with Crippen molar-refractivity contribution >= 4 is 11.9 Å². The number of nitrogens with zero attached hydrogens (tertiary/aromatic N) is 3. The number of hydrogen-bond acceptors (Lipinski definition) is 4. The molecule has 5 nitrogen and oxygen atoms in total. The van der Waals surface area contributed by atoms with Crippen molar-refractivity contribution in [3.05, 3.63) is 0 Å². The molecular formula is C12H19N3O2. The lowest BCUT2D eigenvalue weighted by atomic mass is 10.1. The van der Waals surface area contributed by atoms with Crippen molar-refractivity contribution in [3.8, 4) is 6.07 Å². The highest BCUT2D eigenvalue weighted by atomic mass is 16.6. The first-order valence-corrected chi connectivity index (χ1v) is 5.61. The molecule has 0 aromatic heterocycles. The summed E-state index contributed by atoms with van der Waals surface area (Å²) >= 11 is 0. The summed E-state index contributed by atoms with van der Waals surface area (Å²) in [4.78, 5) is 17.8. The number of aliphatic imine (C=N–C) groups is 1. The van der Waals surface area contributed by atoms with Gasteiger partial charge in [-0.3, -0.25) is 9.89 Å². The molecule has 0 bridgehead atoms. The maximum absolute atomic E-state index is 11.9. The largest absolute Gasteiger partial charge is 0.443 e. The first-order chi connectivity index (χ1) is 7.64. The number of rotatable bonds is 1. The van der Waals surface area contributed by atoms with Crippen molar-refractivity contribution < 1.29 is 9.53 Å². The van der Waals surface area contributed by atoms with Gasteiger partial charge in [0.1, 0.15) is 11.4 Å². The maximum Gasteiger partial charge on any atom is 0.415 e. The summed E-state index contributed by atoms with van der Waals surface area (Å²) < 4.78 is 5.29. The molecule has 1 heterocycles.